The topological polar surface area (TPSA) is 14.1 Å². The van der Waals surface area contributed by atoms with Crippen LogP contribution in [0.3, 0.4) is 0 Å². The van der Waals surface area contributed by atoms with Crippen LogP contribution >= 0.6 is 0 Å². The van der Waals surface area contributed by atoms with E-state index in [4.69, 9.17) is 0 Å². The SMILES string of the molecule is CC(C)C1CC[N-]C1.[Rf]. The zero-order valence-corrected chi connectivity index (χ0v) is 12.8. The first-order valence-corrected chi connectivity index (χ1v) is 3.44. The number of hydrogen-bond donors (Lipinski definition) is 0. The van der Waals surface area contributed by atoms with Crippen molar-refractivity contribution in [2.75, 3.05) is 13.1 Å². The van der Waals surface area contributed by atoms with Gasteiger partial charge in [0.05, 0.1) is 0 Å². The molecule has 1 rings (SSSR count). The van der Waals surface area contributed by atoms with Crippen molar-refractivity contribution in [2.45, 2.75) is 20.3 Å². The second-order valence-electron chi connectivity index (χ2n) is 2.92. The summed E-state index contributed by atoms with van der Waals surface area (Å²) in [5, 5.41) is 4.29. The third-order valence-electron chi connectivity index (χ3n) is 1.96. The Labute approximate surface area is 51.5 Å². The standard InChI is InChI=1S/C7H14N.Rf/c1-6(2)7-3-4-8-5-7;/h6-7H,3-5H2,1-2H3;/q-1;. The van der Waals surface area contributed by atoms with Crippen LogP contribution in [0.5, 0.6) is 0 Å². The molecule has 1 fully saturated rings. The van der Waals surface area contributed by atoms with Gasteiger partial charge >= 0.3 is 0 Å². The molecule has 1 aliphatic rings. The van der Waals surface area contributed by atoms with E-state index in [1.165, 1.54) is 6.42 Å². The van der Waals surface area contributed by atoms with Crippen LogP contribution in [-0.4, -0.2) is 13.1 Å². The monoisotopic (exact) mass is 379 g/mol. The third-order valence-corrected chi connectivity index (χ3v) is 1.96. The van der Waals surface area contributed by atoms with Crippen molar-refractivity contribution in [1.29, 1.82) is 0 Å². The van der Waals surface area contributed by atoms with Gasteiger partial charge in [-0.2, -0.15) is 0 Å². The molecule has 0 aromatic carbocycles. The van der Waals surface area contributed by atoms with Crippen molar-refractivity contribution in [1.82, 2.24) is 0 Å². The van der Waals surface area contributed by atoms with Gasteiger partial charge in [-0.25, -0.2) is 0 Å². The minimum absolute atomic E-state index is 0. The van der Waals surface area contributed by atoms with E-state index in [2.05, 4.69) is 19.2 Å². The van der Waals surface area contributed by atoms with E-state index >= 15 is 0 Å². The van der Waals surface area contributed by atoms with E-state index in [1.807, 2.05) is 0 Å². The summed E-state index contributed by atoms with van der Waals surface area (Å²) in [7, 11) is 0. The molecule has 1 saturated heterocycles. The van der Waals surface area contributed by atoms with Gasteiger partial charge in [-0.1, -0.05) is 26.2 Å². The van der Waals surface area contributed by atoms with Gasteiger partial charge in [-0.15, -0.1) is 13.1 Å². The molecule has 0 amide bonds. The fourth-order valence-corrected chi connectivity index (χ4v) is 1.15. The Balaban J connectivity index is 0.000000640. The van der Waals surface area contributed by atoms with Crippen LogP contribution in [0.1, 0.15) is 20.3 Å². The van der Waals surface area contributed by atoms with E-state index < -0.39 is 0 Å². The molecule has 0 spiro atoms. The van der Waals surface area contributed by atoms with Gasteiger partial charge in [0.1, 0.15) is 0 Å². The van der Waals surface area contributed by atoms with Gasteiger partial charge in [0.25, 0.3) is 0 Å². The molecule has 2 heteroatoms. The maximum atomic E-state index is 4.29. The Kier molecular flexibility index (Phi) is 2.72. The molecule has 1 heterocycles. The minimum Gasteiger partial charge on any atom is -0.662 e. The van der Waals surface area contributed by atoms with Crippen LogP contribution in [0.15, 0.2) is 0 Å². The summed E-state index contributed by atoms with van der Waals surface area (Å²) in [4.78, 5) is 0. The molecule has 50 valence electrons. The normalized spacial score (nSPS) is 26.3. The average Bonchev–Trinajstić information content (AvgIpc) is 2.12. The summed E-state index contributed by atoms with van der Waals surface area (Å²) in [6.07, 6.45) is 1.33. The van der Waals surface area contributed by atoms with Gasteiger partial charge < -0.3 is 5.32 Å². The van der Waals surface area contributed by atoms with Crippen LogP contribution < -0.4 is 0 Å². The fraction of sp³-hybridized carbons (Fsp3) is 1.00. The van der Waals surface area contributed by atoms with Crippen molar-refractivity contribution in [3.8, 4) is 0 Å². The van der Waals surface area contributed by atoms with Crippen molar-refractivity contribution < 1.29 is 0 Å². The molecule has 0 aromatic rings. The van der Waals surface area contributed by atoms with Crippen LogP contribution in [0.4, 0.5) is 0 Å². The minimum atomic E-state index is 0. The second-order valence-corrected chi connectivity index (χ2v) is 2.92. The average molecular weight is 379 g/mol. The summed E-state index contributed by atoms with van der Waals surface area (Å²) in [5.41, 5.74) is 0. The largest absolute Gasteiger partial charge is 0.662 e. The van der Waals surface area contributed by atoms with Crippen molar-refractivity contribution in [3.63, 3.8) is 0 Å². The summed E-state index contributed by atoms with van der Waals surface area (Å²) in [5.74, 6) is 1.75. The molecule has 9 heavy (non-hydrogen) atoms. The summed E-state index contributed by atoms with van der Waals surface area (Å²) in [6, 6.07) is 0. The molecule has 1 aliphatic heterocycles. The quantitative estimate of drug-likeness (QED) is 0.662. The van der Waals surface area contributed by atoms with Gasteiger partial charge in [0.15, 0.2) is 0 Å². The first-order valence-electron chi connectivity index (χ1n) is 3.44. The molecule has 1 atom stereocenters. The Morgan fingerprint density at radius 1 is 1.44 bits per heavy atom. The van der Waals surface area contributed by atoms with Crippen LogP contribution in [0.2, 0.25) is 0 Å². The molecule has 1 unspecified atom stereocenters. The Bertz CT molecular complexity index is 67.3. The molecule has 0 N–H and O–H groups in total. The molecular weight excluding hydrogens is 365 g/mol. The first-order chi connectivity index (χ1) is 3.80. The summed E-state index contributed by atoms with van der Waals surface area (Å²) < 4.78 is 0. The van der Waals surface area contributed by atoms with Crippen molar-refractivity contribution in [3.05, 3.63) is 5.32 Å². The van der Waals surface area contributed by atoms with E-state index in [9.17, 15) is 0 Å². The van der Waals surface area contributed by atoms with Gasteiger partial charge in [-0.05, 0) is 5.92 Å². The maximum Gasteiger partial charge on any atom is 0 e. The van der Waals surface area contributed by atoms with E-state index in [0.29, 0.717) is 0 Å². The summed E-state index contributed by atoms with van der Waals surface area (Å²) in [6.45, 7) is 6.80. The van der Waals surface area contributed by atoms with Crippen LogP contribution in [-0.2, 0) is 0 Å². The van der Waals surface area contributed by atoms with E-state index in [0.717, 1.165) is 24.9 Å². The van der Waals surface area contributed by atoms with Gasteiger partial charge in [0.2, 0.25) is 0 Å². The zero-order valence-electron chi connectivity index (χ0n) is 6.43. The zero-order chi connectivity index (χ0) is 5.98. The third kappa shape index (κ3) is 1.73. The summed E-state index contributed by atoms with van der Waals surface area (Å²) >= 11 is 0. The Morgan fingerprint density at radius 2 is 2.11 bits per heavy atom. The molecule has 0 saturated carbocycles. The fourth-order valence-electron chi connectivity index (χ4n) is 1.15. The number of nitrogens with zero attached hydrogens (tertiary/aromatic N) is 1. The molecule has 0 bridgehead atoms. The van der Waals surface area contributed by atoms with E-state index in [1.54, 1.807) is 0 Å². The van der Waals surface area contributed by atoms with Gasteiger partial charge in [-0.3, -0.25) is 0 Å². The van der Waals surface area contributed by atoms with E-state index in [-0.39, 0.29) is 0 Å². The second kappa shape index (κ2) is 3.08. The van der Waals surface area contributed by atoms with Crippen LogP contribution in [0.25, 0.3) is 5.32 Å². The smallest absolute Gasteiger partial charge is 0 e. The molecule has 0 aliphatic carbocycles. The van der Waals surface area contributed by atoms with Crippen molar-refractivity contribution in [2.24, 2.45) is 11.8 Å². The Hall–Kier alpha value is -1.04. The number of rotatable bonds is 1. The molecular formula is C7H14NRf-. The first kappa shape index (κ1) is 7.96. The molecule has 1 nitrogen and oxygen atoms in total. The van der Waals surface area contributed by atoms with Gasteiger partial charge in [0, 0.05) is 0 Å². The Morgan fingerprint density at radius 3 is 2.33 bits per heavy atom. The number of hydrogen-bond acceptors (Lipinski definition) is 0. The maximum absolute atomic E-state index is 4.29. The molecule has 0 radical (unpaired) electrons. The predicted octanol–water partition coefficient (Wildman–Crippen LogP) is 2.04. The predicted molar refractivity (Wildman–Crippen MR) is 36.0 cm³/mol. The van der Waals surface area contributed by atoms with Crippen LogP contribution in [0, 0.1) is 11.8 Å². The molecule has 0 aromatic heterocycles. The van der Waals surface area contributed by atoms with Crippen molar-refractivity contribution >= 4 is 0 Å².